The number of aliphatic hydroxyl groups excluding tert-OH is 1. The van der Waals surface area contributed by atoms with Gasteiger partial charge in [0.25, 0.3) is 0 Å². The lowest BCUT2D eigenvalue weighted by molar-refractivity contribution is 0.0785. The fourth-order valence-corrected chi connectivity index (χ4v) is 1.75. The second-order valence-electron chi connectivity index (χ2n) is 6.19. The topological polar surface area (TPSA) is 20.2 Å². The first kappa shape index (κ1) is 14.7. The fraction of sp³-hybridized carbons (Fsp3) is 0.857. The van der Waals surface area contributed by atoms with Crippen molar-refractivity contribution in [2.45, 2.75) is 54.6 Å². The van der Waals surface area contributed by atoms with Gasteiger partial charge in [0.05, 0.1) is 6.10 Å². The molecule has 0 bridgehead atoms. The zero-order valence-corrected chi connectivity index (χ0v) is 11.5. The molecule has 1 nitrogen and oxygen atoms in total. The Labute approximate surface area is 95.6 Å². The van der Waals surface area contributed by atoms with Gasteiger partial charge in [0, 0.05) is 5.92 Å². The molecule has 0 aliphatic rings. The van der Waals surface area contributed by atoms with Crippen LogP contribution in [-0.2, 0) is 0 Å². The van der Waals surface area contributed by atoms with Crippen molar-refractivity contribution in [1.29, 1.82) is 0 Å². The van der Waals surface area contributed by atoms with Crippen LogP contribution in [0.5, 0.6) is 0 Å². The van der Waals surface area contributed by atoms with Crippen molar-refractivity contribution in [2.24, 2.45) is 23.2 Å². The van der Waals surface area contributed by atoms with Gasteiger partial charge in [-0.1, -0.05) is 60.6 Å². The molecule has 3 atom stereocenters. The molecule has 0 aliphatic heterocycles. The molecule has 3 unspecified atom stereocenters. The summed E-state index contributed by atoms with van der Waals surface area (Å²) < 4.78 is 0. The molecule has 0 spiro atoms. The highest BCUT2D eigenvalue weighted by Gasteiger charge is 2.29. The third kappa shape index (κ3) is 3.98. The summed E-state index contributed by atoms with van der Waals surface area (Å²) in [6.07, 6.45) is -0.276. The maximum absolute atomic E-state index is 10.0. The molecule has 0 saturated carbocycles. The largest absolute Gasteiger partial charge is 0.392 e. The Morgan fingerprint density at radius 3 is 1.73 bits per heavy atom. The molecule has 0 heterocycles. The van der Waals surface area contributed by atoms with E-state index in [1.54, 1.807) is 0 Å². The van der Waals surface area contributed by atoms with Gasteiger partial charge in [-0.15, -0.1) is 0 Å². The Hall–Kier alpha value is -0.300. The van der Waals surface area contributed by atoms with Crippen LogP contribution in [0.1, 0.15) is 48.5 Å². The summed E-state index contributed by atoms with van der Waals surface area (Å²) in [5.74, 6) is 0.907. The molecule has 0 rings (SSSR count). The standard InChI is InChI=1S/C14H28O/c1-9(2)13(15)11(4)10(3)12(5)14(6,7)8/h9,11-13,15H,3H2,1-2,4-8H3. The van der Waals surface area contributed by atoms with E-state index in [-0.39, 0.29) is 17.4 Å². The van der Waals surface area contributed by atoms with E-state index in [4.69, 9.17) is 0 Å². The maximum atomic E-state index is 10.0. The van der Waals surface area contributed by atoms with Crippen molar-refractivity contribution < 1.29 is 5.11 Å². The summed E-state index contributed by atoms with van der Waals surface area (Å²) >= 11 is 0. The fourth-order valence-electron chi connectivity index (χ4n) is 1.75. The first-order valence-corrected chi connectivity index (χ1v) is 5.95. The van der Waals surface area contributed by atoms with Crippen LogP contribution in [0, 0.1) is 23.2 Å². The average molecular weight is 212 g/mol. The summed E-state index contributed by atoms with van der Waals surface area (Å²) in [5, 5.41) is 10.0. The van der Waals surface area contributed by atoms with Crippen LogP contribution in [0.15, 0.2) is 12.2 Å². The lowest BCUT2D eigenvalue weighted by Crippen LogP contribution is -2.30. The smallest absolute Gasteiger partial charge is 0.0625 e. The van der Waals surface area contributed by atoms with E-state index in [1.807, 2.05) is 0 Å². The Balaban J connectivity index is 4.59. The van der Waals surface area contributed by atoms with Gasteiger partial charge in [-0.25, -0.2) is 0 Å². The Morgan fingerprint density at radius 1 is 1.07 bits per heavy atom. The maximum Gasteiger partial charge on any atom is 0.0625 e. The van der Waals surface area contributed by atoms with Gasteiger partial charge < -0.3 is 5.11 Å². The Bertz CT molecular complexity index is 210. The van der Waals surface area contributed by atoms with E-state index >= 15 is 0 Å². The van der Waals surface area contributed by atoms with Crippen LogP contribution in [0.25, 0.3) is 0 Å². The molecule has 0 aromatic heterocycles. The molecule has 0 aromatic rings. The summed E-state index contributed by atoms with van der Waals surface area (Å²) in [6, 6.07) is 0. The highest BCUT2D eigenvalue weighted by molar-refractivity contribution is 5.09. The number of hydrogen-bond donors (Lipinski definition) is 1. The molecule has 1 heteroatoms. The normalized spacial score (nSPS) is 18.7. The van der Waals surface area contributed by atoms with Crippen molar-refractivity contribution in [3.8, 4) is 0 Å². The van der Waals surface area contributed by atoms with Crippen LogP contribution in [0.2, 0.25) is 0 Å². The lowest BCUT2D eigenvalue weighted by atomic mass is 9.72. The molecule has 15 heavy (non-hydrogen) atoms. The highest BCUT2D eigenvalue weighted by atomic mass is 16.3. The SMILES string of the molecule is C=C(C(C)C(O)C(C)C)C(C)C(C)(C)C. The van der Waals surface area contributed by atoms with Crippen LogP contribution in [-0.4, -0.2) is 11.2 Å². The van der Waals surface area contributed by atoms with E-state index in [0.29, 0.717) is 11.8 Å². The molecule has 0 amide bonds. The minimum atomic E-state index is -0.276. The monoisotopic (exact) mass is 212 g/mol. The van der Waals surface area contributed by atoms with E-state index in [1.165, 1.54) is 5.57 Å². The zero-order valence-electron chi connectivity index (χ0n) is 11.5. The van der Waals surface area contributed by atoms with E-state index in [0.717, 1.165) is 0 Å². The summed E-state index contributed by atoms with van der Waals surface area (Å²) in [4.78, 5) is 0. The van der Waals surface area contributed by atoms with Crippen LogP contribution >= 0.6 is 0 Å². The number of aliphatic hydroxyl groups is 1. The molecule has 0 aromatic carbocycles. The van der Waals surface area contributed by atoms with Crippen LogP contribution in [0.3, 0.4) is 0 Å². The average Bonchev–Trinajstić information content (AvgIpc) is 2.11. The van der Waals surface area contributed by atoms with Gasteiger partial charge in [0.2, 0.25) is 0 Å². The van der Waals surface area contributed by atoms with Gasteiger partial charge in [0.15, 0.2) is 0 Å². The molecular weight excluding hydrogens is 184 g/mol. The van der Waals surface area contributed by atoms with Gasteiger partial charge in [-0.2, -0.15) is 0 Å². The third-order valence-corrected chi connectivity index (χ3v) is 3.64. The van der Waals surface area contributed by atoms with Crippen molar-refractivity contribution >= 4 is 0 Å². The lowest BCUT2D eigenvalue weighted by Gasteiger charge is -2.34. The van der Waals surface area contributed by atoms with Crippen molar-refractivity contribution in [1.82, 2.24) is 0 Å². The van der Waals surface area contributed by atoms with Crippen molar-refractivity contribution in [3.05, 3.63) is 12.2 Å². The first-order valence-electron chi connectivity index (χ1n) is 5.95. The summed E-state index contributed by atoms with van der Waals surface area (Å²) in [6.45, 7) is 19.2. The summed E-state index contributed by atoms with van der Waals surface area (Å²) in [5.41, 5.74) is 1.39. The first-order chi connectivity index (χ1) is 6.59. The van der Waals surface area contributed by atoms with Crippen molar-refractivity contribution in [3.63, 3.8) is 0 Å². The third-order valence-electron chi connectivity index (χ3n) is 3.64. The molecular formula is C14H28O. The van der Waals surface area contributed by atoms with Gasteiger partial charge in [-0.05, 0) is 17.3 Å². The Morgan fingerprint density at radius 2 is 1.47 bits per heavy atom. The predicted molar refractivity (Wildman–Crippen MR) is 67.8 cm³/mol. The van der Waals surface area contributed by atoms with E-state index < -0.39 is 0 Å². The highest BCUT2D eigenvalue weighted by Crippen LogP contribution is 2.35. The van der Waals surface area contributed by atoms with Crippen molar-refractivity contribution in [2.75, 3.05) is 0 Å². The van der Waals surface area contributed by atoms with Crippen LogP contribution < -0.4 is 0 Å². The van der Waals surface area contributed by atoms with E-state index in [2.05, 4.69) is 55.0 Å². The van der Waals surface area contributed by atoms with E-state index in [9.17, 15) is 5.11 Å². The van der Waals surface area contributed by atoms with Gasteiger partial charge >= 0.3 is 0 Å². The molecule has 0 saturated heterocycles. The molecule has 0 aliphatic carbocycles. The molecule has 1 N–H and O–H groups in total. The number of rotatable bonds is 4. The minimum Gasteiger partial charge on any atom is -0.392 e. The molecule has 90 valence electrons. The number of hydrogen-bond acceptors (Lipinski definition) is 1. The molecule has 0 fully saturated rings. The second-order valence-corrected chi connectivity index (χ2v) is 6.19. The van der Waals surface area contributed by atoms with Crippen LogP contribution in [0.4, 0.5) is 0 Å². The Kier molecular flexibility index (Phi) is 5.05. The predicted octanol–water partition coefficient (Wildman–Crippen LogP) is 3.88. The van der Waals surface area contributed by atoms with Gasteiger partial charge in [0.1, 0.15) is 0 Å². The second kappa shape index (κ2) is 5.16. The minimum absolute atomic E-state index is 0.180. The zero-order chi connectivity index (χ0) is 12.4. The summed E-state index contributed by atoms with van der Waals surface area (Å²) in [7, 11) is 0. The molecule has 0 radical (unpaired) electrons. The quantitative estimate of drug-likeness (QED) is 0.701. The van der Waals surface area contributed by atoms with Gasteiger partial charge in [-0.3, -0.25) is 0 Å².